The van der Waals surface area contributed by atoms with E-state index in [4.69, 9.17) is 0 Å². The lowest BCUT2D eigenvalue weighted by Crippen LogP contribution is -2.12. The Kier molecular flexibility index (Phi) is 4.84. The topological polar surface area (TPSA) is 60.6 Å². The molecule has 6 heteroatoms. The minimum Gasteiger partial charge on any atom is -0.308 e. The van der Waals surface area contributed by atoms with Crippen molar-refractivity contribution >= 4 is 0 Å². The summed E-state index contributed by atoms with van der Waals surface area (Å²) in [5.41, 5.74) is 3.55. The van der Waals surface area contributed by atoms with Gasteiger partial charge in [0.2, 0.25) is 0 Å². The summed E-state index contributed by atoms with van der Waals surface area (Å²) >= 11 is 0. The van der Waals surface area contributed by atoms with E-state index in [9.17, 15) is 0 Å². The van der Waals surface area contributed by atoms with Crippen LogP contribution in [0.1, 0.15) is 16.7 Å². The molecule has 0 spiro atoms. The molecule has 0 aliphatic heterocycles. The van der Waals surface area contributed by atoms with E-state index in [0.29, 0.717) is 0 Å². The molecule has 0 aliphatic rings. The van der Waals surface area contributed by atoms with Crippen LogP contribution in [-0.4, -0.2) is 24.5 Å². The van der Waals surface area contributed by atoms with E-state index >= 15 is 0 Å². The number of rotatable bonds is 7. The molecule has 3 heterocycles. The second kappa shape index (κ2) is 7.76. The van der Waals surface area contributed by atoms with Gasteiger partial charge in [0.05, 0.1) is 12.7 Å². The number of hydrogen-bond donors (Lipinski definition) is 1. The van der Waals surface area contributed by atoms with Gasteiger partial charge in [0.15, 0.2) is 5.82 Å². The summed E-state index contributed by atoms with van der Waals surface area (Å²) < 4.78 is 3.71. The zero-order valence-electron chi connectivity index (χ0n) is 14.4. The van der Waals surface area contributed by atoms with Crippen LogP contribution in [0.4, 0.5) is 0 Å². The molecule has 0 aliphatic carbocycles. The van der Waals surface area contributed by atoms with Gasteiger partial charge in [-0.25, -0.2) is 9.67 Å². The van der Waals surface area contributed by atoms with Crippen LogP contribution in [0.3, 0.4) is 0 Å². The quantitative estimate of drug-likeness (QED) is 0.560. The van der Waals surface area contributed by atoms with Gasteiger partial charge in [0.25, 0.3) is 0 Å². The van der Waals surface area contributed by atoms with Crippen molar-refractivity contribution in [2.24, 2.45) is 0 Å². The maximum Gasteiger partial charge on any atom is 0.153 e. The van der Waals surface area contributed by atoms with Crippen molar-refractivity contribution in [2.45, 2.75) is 19.6 Å². The highest BCUT2D eigenvalue weighted by molar-refractivity contribution is 5.24. The zero-order valence-corrected chi connectivity index (χ0v) is 14.4. The van der Waals surface area contributed by atoms with E-state index < -0.39 is 0 Å². The molecule has 0 bridgehead atoms. The summed E-state index contributed by atoms with van der Waals surface area (Å²) in [4.78, 5) is 4.44. The lowest BCUT2D eigenvalue weighted by molar-refractivity contribution is 0.676. The van der Waals surface area contributed by atoms with Crippen LogP contribution in [0.2, 0.25) is 0 Å². The molecule has 130 valence electrons. The van der Waals surface area contributed by atoms with Crippen molar-refractivity contribution in [2.75, 3.05) is 0 Å². The molecule has 0 amide bonds. The fourth-order valence-corrected chi connectivity index (χ4v) is 2.77. The first-order valence-electron chi connectivity index (χ1n) is 8.58. The van der Waals surface area contributed by atoms with Crippen molar-refractivity contribution in [1.82, 2.24) is 29.9 Å². The van der Waals surface area contributed by atoms with E-state index in [0.717, 1.165) is 31.0 Å². The second-order valence-electron chi connectivity index (χ2n) is 6.11. The third-order valence-corrected chi connectivity index (χ3v) is 4.08. The number of aromatic nitrogens is 5. The summed E-state index contributed by atoms with van der Waals surface area (Å²) in [6.45, 7) is 2.32. The highest BCUT2D eigenvalue weighted by atomic mass is 15.3. The molecule has 26 heavy (non-hydrogen) atoms. The molecule has 6 nitrogen and oxygen atoms in total. The van der Waals surface area contributed by atoms with Crippen molar-refractivity contribution in [3.63, 3.8) is 0 Å². The lowest BCUT2D eigenvalue weighted by Gasteiger charge is -2.05. The molecule has 0 radical (unpaired) electrons. The van der Waals surface area contributed by atoms with E-state index in [1.165, 1.54) is 11.1 Å². The van der Waals surface area contributed by atoms with Crippen molar-refractivity contribution in [3.8, 4) is 5.82 Å². The first-order valence-corrected chi connectivity index (χ1v) is 8.58. The van der Waals surface area contributed by atoms with Gasteiger partial charge in [0, 0.05) is 43.4 Å². The fourth-order valence-electron chi connectivity index (χ4n) is 2.77. The summed E-state index contributed by atoms with van der Waals surface area (Å²) in [5.74, 6) is 0.820. The van der Waals surface area contributed by atoms with Gasteiger partial charge < -0.3 is 5.32 Å². The Morgan fingerprint density at radius 2 is 1.69 bits per heavy atom. The number of nitrogens with one attached hydrogen (secondary N) is 1. The van der Waals surface area contributed by atoms with Crippen LogP contribution in [0, 0.1) is 0 Å². The molecule has 0 fully saturated rings. The predicted octanol–water partition coefficient (Wildman–Crippen LogP) is 2.80. The summed E-state index contributed by atoms with van der Waals surface area (Å²) in [6, 6.07) is 16.3. The smallest absolute Gasteiger partial charge is 0.153 e. The highest BCUT2D eigenvalue weighted by Gasteiger charge is 2.01. The van der Waals surface area contributed by atoms with Gasteiger partial charge in [-0.05, 0) is 23.3 Å². The first kappa shape index (κ1) is 16.2. The minimum absolute atomic E-state index is 0.760. The third-order valence-electron chi connectivity index (χ3n) is 4.08. The Morgan fingerprint density at radius 3 is 2.46 bits per heavy atom. The van der Waals surface area contributed by atoms with Gasteiger partial charge in [-0.3, -0.25) is 4.68 Å². The lowest BCUT2D eigenvalue weighted by atomic mass is 10.2. The van der Waals surface area contributed by atoms with E-state index in [1.807, 2.05) is 53.6 Å². The number of benzene rings is 1. The van der Waals surface area contributed by atoms with Crippen LogP contribution < -0.4 is 5.32 Å². The second-order valence-corrected chi connectivity index (χ2v) is 6.11. The van der Waals surface area contributed by atoms with Crippen molar-refractivity contribution < 1.29 is 0 Å². The minimum atomic E-state index is 0.760. The van der Waals surface area contributed by atoms with Crippen LogP contribution in [0.5, 0.6) is 0 Å². The number of pyridine rings is 1. The van der Waals surface area contributed by atoms with Gasteiger partial charge >= 0.3 is 0 Å². The Morgan fingerprint density at radius 1 is 0.808 bits per heavy atom. The summed E-state index contributed by atoms with van der Waals surface area (Å²) in [6.07, 6.45) is 9.50. The Bertz CT molecular complexity index is 926. The SMILES string of the molecule is c1ccc(Cn2cc(CNCc3ccc(-n4cccn4)nc3)cn2)cc1. The molecular weight excluding hydrogens is 324 g/mol. The largest absolute Gasteiger partial charge is 0.308 e. The molecule has 1 aromatic carbocycles. The van der Waals surface area contributed by atoms with Gasteiger partial charge in [-0.2, -0.15) is 10.2 Å². The molecular formula is C20H20N6. The molecule has 0 saturated carbocycles. The monoisotopic (exact) mass is 344 g/mol. The van der Waals surface area contributed by atoms with Gasteiger partial charge in [-0.15, -0.1) is 0 Å². The van der Waals surface area contributed by atoms with E-state index in [-0.39, 0.29) is 0 Å². The Hall–Kier alpha value is -3.25. The van der Waals surface area contributed by atoms with Crippen LogP contribution in [-0.2, 0) is 19.6 Å². The number of hydrogen-bond acceptors (Lipinski definition) is 4. The molecule has 3 aromatic heterocycles. The maximum atomic E-state index is 4.44. The zero-order chi connectivity index (χ0) is 17.6. The van der Waals surface area contributed by atoms with Crippen LogP contribution in [0.15, 0.2) is 79.5 Å². The predicted molar refractivity (Wildman–Crippen MR) is 99.7 cm³/mol. The van der Waals surface area contributed by atoms with Crippen LogP contribution in [0.25, 0.3) is 5.82 Å². The average Bonchev–Trinajstić information content (AvgIpc) is 3.36. The summed E-state index contributed by atoms with van der Waals surface area (Å²) in [7, 11) is 0. The standard InChI is InChI=1S/C20H20N6/c1-2-5-17(6-3-1)15-25-16-19(14-24-25)12-21-11-18-7-8-20(22-13-18)26-10-4-9-23-26/h1-10,13-14,16,21H,11-12,15H2. The van der Waals surface area contributed by atoms with Crippen LogP contribution >= 0.6 is 0 Å². The highest BCUT2D eigenvalue weighted by Crippen LogP contribution is 2.06. The molecule has 4 aromatic rings. The van der Waals surface area contributed by atoms with Gasteiger partial charge in [0.1, 0.15) is 0 Å². The number of nitrogens with zero attached hydrogens (tertiary/aromatic N) is 5. The van der Waals surface area contributed by atoms with Gasteiger partial charge in [-0.1, -0.05) is 36.4 Å². The van der Waals surface area contributed by atoms with E-state index in [1.54, 1.807) is 10.9 Å². The first-order chi connectivity index (χ1) is 12.9. The molecule has 0 unspecified atom stereocenters. The molecule has 0 atom stereocenters. The fraction of sp³-hybridized carbons (Fsp3) is 0.150. The Labute approximate surface area is 152 Å². The summed E-state index contributed by atoms with van der Waals surface area (Å²) in [5, 5.41) is 12.0. The van der Waals surface area contributed by atoms with Crippen molar-refractivity contribution in [3.05, 3.63) is 96.2 Å². The molecule has 0 saturated heterocycles. The molecule has 4 rings (SSSR count). The molecule has 1 N–H and O–H groups in total. The maximum absolute atomic E-state index is 4.44. The Balaban J connectivity index is 1.28. The average molecular weight is 344 g/mol. The third kappa shape index (κ3) is 4.04. The van der Waals surface area contributed by atoms with E-state index in [2.05, 4.69) is 44.9 Å². The normalized spacial score (nSPS) is 10.9. The van der Waals surface area contributed by atoms with Crippen molar-refractivity contribution in [1.29, 1.82) is 0 Å².